The number of halogens is 2. The second-order valence-corrected chi connectivity index (χ2v) is 5.06. The maximum Gasteiger partial charge on any atom is 0.273 e. The number of anilines is 1. The smallest absolute Gasteiger partial charge is 0.273 e. The van der Waals surface area contributed by atoms with Gasteiger partial charge in [0.15, 0.2) is 11.0 Å². The molecule has 19 heavy (non-hydrogen) atoms. The van der Waals surface area contributed by atoms with Gasteiger partial charge in [-0.25, -0.2) is 0 Å². The van der Waals surface area contributed by atoms with Gasteiger partial charge in [0.2, 0.25) is 0 Å². The van der Waals surface area contributed by atoms with Crippen LogP contribution in [-0.2, 0) is 0 Å². The number of aromatic nitrogens is 3. The Kier molecular flexibility index (Phi) is 4.07. The lowest BCUT2D eigenvalue weighted by molar-refractivity contribution is 0.101. The first-order valence-electron chi connectivity index (χ1n) is 5.65. The zero-order valence-corrected chi connectivity index (χ0v) is 11.9. The largest absolute Gasteiger partial charge is 0.339 e. The first kappa shape index (κ1) is 13.8. The van der Waals surface area contributed by atoms with Gasteiger partial charge in [0.05, 0.1) is 5.02 Å². The molecule has 2 aromatic heterocycles. The van der Waals surface area contributed by atoms with Crippen LogP contribution in [0.4, 0.5) is 5.82 Å². The summed E-state index contributed by atoms with van der Waals surface area (Å²) >= 11 is 11.6. The van der Waals surface area contributed by atoms with Crippen LogP contribution in [0.3, 0.4) is 0 Å². The van der Waals surface area contributed by atoms with Crippen molar-refractivity contribution in [3.63, 3.8) is 0 Å². The van der Waals surface area contributed by atoms with E-state index in [1.165, 1.54) is 0 Å². The number of hydrogen-bond acceptors (Lipinski definition) is 3. The van der Waals surface area contributed by atoms with Crippen LogP contribution in [0.15, 0.2) is 24.4 Å². The second kappa shape index (κ2) is 5.59. The fraction of sp³-hybridized carbons (Fsp3) is 0.250. The molecule has 0 aliphatic heterocycles. The van der Waals surface area contributed by atoms with E-state index in [-0.39, 0.29) is 17.1 Å². The van der Waals surface area contributed by atoms with Crippen molar-refractivity contribution in [3.8, 4) is 0 Å². The van der Waals surface area contributed by atoms with Gasteiger partial charge in [-0.3, -0.25) is 4.79 Å². The van der Waals surface area contributed by atoms with Crippen LogP contribution in [0.25, 0.3) is 0 Å². The molecular formula is C12H12Cl2N4O. The monoisotopic (exact) mass is 298 g/mol. The molecule has 0 fully saturated rings. The minimum absolute atomic E-state index is 0.129. The van der Waals surface area contributed by atoms with Crippen LogP contribution < -0.4 is 5.32 Å². The Balaban J connectivity index is 2.22. The normalized spacial score (nSPS) is 10.8. The van der Waals surface area contributed by atoms with E-state index in [0.29, 0.717) is 16.5 Å². The van der Waals surface area contributed by atoms with Gasteiger partial charge in [-0.15, -0.1) is 10.2 Å². The van der Waals surface area contributed by atoms with Crippen LogP contribution in [-0.4, -0.2) is 20.7 Å². The van der Waals surface area contributed by atoms with Crippen molar-refractivity contribution in [2.75, 3.05) is 5.32 Å². The van der Waals surface area contributed by atoms with E-state index in [2.05, 4.69) is 15.5 Å². The summed E-state index contributed by atoms with van der Waals surface area (Å²) in [5.74, 6) is 0.0410. The average molecular weight is 299 g/mol. The van der Waals surface area contributed by atoms with Crippen LogP contribution in [0.2, 0.25) is 10.2 Å². The highest BCUT2D eigenvalue weighted by Gasteiger charge is 2.15. The molecule has 2 aromatic rings. The molecule has 5 nitrogen and oxygen atoms in total. The van der Waals surface area contributed by atoms with Crippen molar-refractivity contribution < 1.29 is 4.79 Å². The van der Waals surface area contributed by atoms with Gasteiger partial charge in [0, 0.05) is 12.2 Å². The van der Waals surface area contributed by atoms with Crippen LogP contribution >= 0.6 is 23.2 Å². The van der Waals surface area contributed by atoms with Crippen LogP contribution in [0, 0.1) is 0 Å². The summed E-state index contributed by atoms with van der Waals surface area (Å²) in [7, 11) is 0. The number of nitrogens with one attached hydrogen (secondary N) is 1. The molecular weight excluding hydrogens is 287 g/mol. The van der Waals surface area contributed by atoms with E-state index in [0.717, 1.165) is 0 Å². The number of carbonyl (C=O) groups excluding carboxylic acids is 1. The van der Waals surface area contributed by atoms with E-state index >= 15 is 0 Å². The summed E-state index contributed by atoms with van der Waals surface area (Å²) in [6, 6.07) is 4.88. The SMILES string of the molecule is CC(C)n1cc(Cl)cc1C(=O)Nc1ccc(Cl)nn1. The Hall–Kier alpha value is -1.59. The first-order chi connectivity index (χ1) is 8.97. The molecule has 1 amide bonds. The lowest BCUT2D eigenvalue weighted by atomic mass is 10.3. The minimum atomic E-state index is -0.294. The fourth-order valence-corrected chi connectivity index (χ4v) is 1.93. The Bertz CT molecular complexity index is 592. The summed E-state index contributed by atoms with van der Waals surface area (Å²) in [4.78, 5) is 12.1. The Morgan fingerprint density at radius 2 is 2.05 bits per heavy atom. The first-order valence-corrected chi connectivity index (χ1v) is 6.41. The number of rotatable bonds is 3. The molecule has 0 unspecified atom stereocenters. The molecule has 7 heteroatoms. The Labute approximate surface area is 120 Å². The summed E-state index contributed by atoms with van der Waals surface area (Å²) in [6.07, 6.45) is 1.72. The van der Waals surface area contributed by atoms with E-state index in [1.807, 2.05) is 13.8 Å². The molecule has 100 valence electrons. The molecule has 0 saturated heterocycles. The fourth-order valence-electron chi connectivity index (χ4n) is 1.62. The van der Waals surface area contributed by atoms with E-state index in [4.69, 9.17) is 23.2 Å². The van der Waals surface area contributed by atoms with Gasteiger partial charge >= 0.3 is 0 Å². The second-order valence-electron chi connectivity index (χ2n) is 4.24. The third-order valence-corrected chi connectivity index (χ3v) is 2.89. The van der Waals surface area contributed by atoms with E-state index in [1.54, 1.807) is 29.0 Å². The molecule has 2 rings (SSSR count). The van der Waals surface area contributed by atoms with Crippen LogP contribution in [0.5, 0.6) is 0 Å². The molecule has 0 bridgehead atoms. The zero-order valence-electron chi connectivity index (χ0n) is 10.4. The van der Waals surface area contributed by atoms with E-state index in [9.17, 15) is 4.79 Å². The van der Waals surface area contributed by atoms with Crippen molar-refractivity contribution in [2.24, 2.45) is 0 Å². The highest BCUT2D eigenvalue weighted by atomic mass is 35.5. The summed E-state index contributed by atoms with van der Waals surface area (Å²) in [5, 5.41) is 10.9. The number of nitrogens with zero attached hydrogens (tertiary/aromatic N) is 3. The molecule has 0 saturated carbocycles. The molecule has 0 spiro atoms. The summed E-state index contributed by atoms with van der Waals surface area (Å²) in [6.45, 7) is 3.93. The number of hydrogen-bond donors (Lipinski definition) is 1. The highest BCUT2D eigenvalue weighted by molar-refractivity contribution is 6.31. The lowest BCUT2D eigenvalue weighted by Gasteiger charge is -2.12. The van der Waals surface area contributed by atoms with Crippen molar-refractivity contribution in [3.05, 3.63) is 40.3 Å². The van der Waals surface area contributed by atoms with Gasteiger partial charge in [-0.1, -0.05) is 23.2 Å². The summed E-state index contributed by atoms with van der Waals surface area (Å²) < 4.78 is 1.79. The van der Waals surface area contributed by atoms with E-state index < -0.39 is 0 Å². The van der Waals surface area contributed by atoms with Crippen molar-refractivity contribution in [1.82, 2.24) is 14.8 Å². The van der Waals surface area contributed by atoms with Gasteiger partial charge in [-0.05, 0) is 32.0 Å². The molecule has 0 atom stereocenters. The van der Waals surface area contributed by atoms with Crippen molar-refractivity contribution in [1.29, 1.82) is 0 Å². The highest BCUT2D eigenvalue weighted by Crippen LogP contribution is 2.19. The minimum Gasteiger partial charge on any atom is -0.339 e. The van der Waals surface area contributed by atoms with Gasteiger partial charge in [0.1, 0.15) is 5.69 Å². The summed E-state index contributed by atoms with van der Waals surface area (Å²) in [5.41, 5.74) is 0.469. The molecule has 0 aliphatic rings. The predicted molar refractivity (Wildman–Crippen MR) is 74.8 cm³/mol. The standard InChI is InChI=1S/C12H12Cl2N4O/c1-7(2)18-6-8(13)5-9(18)12(19)15-11-4-3-10(14)16-17-11/h3-7H,1-2H3,(H,15,17,19). The molecule has 2 heterocycles. The quantitative estimate of drug-likeness (QED) is 0.944. The molecule has 0 aliphatic carbocycles. The zero-order chi connectivity index (χ0) is 14.0. The maximum absolute atomic E-state index is 12.1. The maximum atomic E-state index is 12.1. The third-order valence-electron chi connectivity index (χ3n) is 2.48. The predicted octanol–water partition coefficient (Wildman–Crippen LogP) is 3.42. The van der Waals surface area contributed by atoms with Crippen LogP contribution in [0.1, 0.15) is 30.4 Å². The average Bonchev–Trinajstić information content (AvgIpc) is 2.74. The van der Waals surface area contributed by atoms with Gasteiger partial charge < -0.3 is 9.88 Å². The third kappa shape index (κ3) is 3.24. The molecule has 0 aromatic carbocycles. The number of amides is 1. The lowest BCUT2D eigenvalue weighted by Crippen LogP contribution is -2.18. The molecule has 0 radical (unpaired) electrons. The van der Waals surface area contributed by atoms with Crippen molar-refractivity contribution >= 4 is 34.9 Å². The van der Waals surface area contributed by atoms with Crippen molar-refractivity contribution in [2.45, 2.75) is 19.9 Å². The number of carbonyl (C=O) groups is 1. The van der Waals surface area contributed by atoms with Gasteiger partial charge in [-0.2, -0.15) is 0 Å². The Morgan fingerprint density at radius 3 is 2.63 bits per heavy atom. The van der Waals surface area contributed by atoms with Gasteiger partial charge in [0.25, 0.3) is 5.91 Å². The Morgan fingerprint density at radius 1 is 1.32 bits per heavy atom. The molecule has 1 N–H and O–H groups in total. The topological polar surface area (TPSA) is 59.8 Å².